The molecule has 6 nitrogen and oxygen atoms in total. The van der Waals surface area contributed by atoms with Crippen LogP contribution in [0.2, 0.25) is 0 Å². The molecule has 1 aromatic carbocycles. The van der Waals surface area contributed by atoms with E-state index in [1.807, 2.05) is 48.7 Å². The molecule has 2 aromatic heterocycles. The van der Waals surface area contributed by atoms with Crippen LogP contribution in [0, 0.1) is 13.8 Å². The fourth-order valence-electron chi connectivity index (χ4n) is 3.24. The minimum atomic E-state index is -0.199. The lowest BCUT2D eigenvalue weighted by atomic mass is 10.2. The average Bonchev–Trinajstić information content (AvgIpc) is 3.11. The third kappa shape index (κ3) is 4.11. The molecule has 0 aliphatic carbocycles. The SMILES string of the molecule is CCCCCOc1ccc(NC(=O)c2ccn3c(C)c(OC)c(C)nc23)cc1. The molecule has 28 heavy (non-hydrogen) atoms. The van der Waals surface area contributed by atoms with Crippen LogP contribution in [-0.2, 0) is 0 Å². The molecule has 0 saturated heterocycles. The Bertz CT molecular complexity index is 961. The van der Waals surface area contributed by atoms with Crippen molar-refractivity contribution in [1.29, 1.82) is 0 Å². The smallest absolute Gasteiger partial charge is 0.259 e. The normalized spacial score (nSPS) is 10.9. The number of aromatic nitrogens is 2. The molecule has 3 rings (SSSR count). The molecule has 0 unspecified atom stereocenters. The quantitative estimate of drug-likeness (QED) is 0.570. The Balaban J connectivity index is 1.73. The van der Waals surface area contributed by atoms with Gasteiger partial charge in [-0.15, -0.1) is 0 Å². The zero-order valence-electron chi connectivity index (χ0n) is 16.9. The van der Waals surface area contributed by atoms with Crippen molar-refractivity contribution in [1.82, 2.24) is 9.38 Å². The van der Waals surface area contributed by atoms with Gasteiger partial charge in [0.15, 0.2) is 5.75 Å². The van der Waals surface area contributed by atoms with Crippen molar-refractivity contribution in [2.45, 2.75) is 40.0 Å². The topological polar surface area (TPSA) is 64.9 Å². The van der Waals surface area contributed by atoms with Crippen LogP contribution >= 0.6 is 0 Å². The third-order valence-corrected chi connectivity index (χ3v) is 4.73. The fourth-order valence-corrected chi connectivity index (χ4v) is 3.24. The third-order valence-electron chi connectivity index (χ3n) is 4.73. The van der Waals surface area contributed by atoms with E-state index in [1.54, 1.807) is 13.2 Å². The summed E-state index contributed by atoms with van der Waals surface area (Å²) in [6, 6.07) is 9.21. The van der Waals surface area contributed by atoms with Crippen molar-refractivity contribution in [2.24, 2.45) is 0 Å². The summed E-state index contributed by atoms with van der Waals surface area (Å²) in [5.74, 6) is 1.34. The van der Waals surface area contributed by atoms with E-state index < -0.39 is 0 Å². The van der Waals surface area contributed by atoms with Gasteiger partial charge in [0.1, 0.15) is 11.4 Å². The van der Waals surface area contributed by atoms with Crippen LogP contribution < -0.4 is 14.8 Å². The summed E-state index contributed by atoms with van der Waals surface area (Å²) in [4.78, 5) is 17.3. The van der Waals surface area contributed by atoms with Gasteiger partial charge in [-0.05, 0) is 50.6 Å². The first-order valence-corrected chi connectivity index (χ1v) is 9.61. The van der Waals surface area contributed by atoms with Crippen LogP contribution in [0.25, 0.3) is 5.65 Å². The molecule has 6 heteroatoms. The second kappa shape index (κ2) is 8.78. The zero-order valence-corrected chi connectivity index (χ0v) is 16.9. The molecule has 2 heterocycles. The number of aryl methyl sites for hydroxylation is 2. The van der Waals surface area contributed by atoms with Crippen molar-refractivity contribution in [2.75, 3.05) is 19.0 Å². The lowest BCUT2D eigenvalue weighted by molar-refractivity contribution is 0.102. The maximum Gasteiger partial charge on any atom is 0.259 e. The number of carbonyl (C=O) groups excluding carboxylic acids is 1. The highest BCUT2D eigenvalue weighted by Crippen LogP contribution is 2.25. The van der Waals surface area contributed by atoms with Crippen molar-refractivity contribution in [3.05, 3.63) is 53.5 Å². The van der Waals surface area contributed by atoms with E-state index >= 15 is 0 Å². The van der Waals surface area contributed by atoms with Gasteiger partial charge >= 0.3 is 0 Å². The van der Waals surface area contributed by atoms with Gasteiger partial charge in [-0.1, -0.05) is 19.8 Å². The zero-order chi connectivity index (χ0) is 20.1. The lowest BCUT2D eigenvalue weighted by Gasteiger charge is -2.11. The van der Waals surface area contributed by atoms with Gasteiger partial charge in [0.05, 0.1) is 30.7 Å². The molecule has 0 spiro atoms. The number of fused-ring (bicyclic) bond motifs is 1. The van der Waals surface area contributed by atoms with E-state index in [0.717, 1.165) is 29.3 Å². The van der Waals surface area contributed by atoms with Crippen molar-refractivity contribution in [3.63, 3.8) is 0 Å². The second-order valence-corrected chi connectivity index (χ2v) is 6.77. The van der Waals surface area contributed by atoms with Gasteiger partial charge in [-0.25, -0.2) is 4.98 Å². The van der Waals surface area contributed by atoms with Crippen LogP contribution in [0.1, 0.15) is 47.9 Å². The lowest BCUT2D eigenvalue weighted by Crippen LogP contribution is -2.12. The molecule has 0 radical (unpaired) electrons. The van der Waals surface area contributed by atoms with E-state index in [1.165, 1.54) is 12.8 Å². The number of rotatable bonds is 8. The van der Waals surface area contributed by atoms with Gasteiger partial charge in [0.2, 0.25) is 0 Å². The van der Waals surface area contributed by atoms with Gasteiger partial charge in [0, 0.05) is 11.9 Å². The van der Waals surface area contributed by atoms with Crippen molar-refractivity contribution < 1.29 is 14.3 Å². The second-order valence-electron chi connectivity index (χ2n) is 6.77. The number of benzene rings is 1. The Morgan fingerprint density at radius 2 is 1.89 bits per heavy atom. The number of hydrogen-bond acceptors (Lipinski definition) is 4. The highest BCUT2D eigenvalue weighted by Gasteiger charge is 2.17. The summed E-state index contributed by atoms with van der Waals surface area (Å²) in [5.41, 5.74) is 3.52. The highest BCUT2D eigenvalue weighted by molar-refractivity contribution is 6.08. The van der Waals surface area contributed by atoms with Crippen LogP contribution in [0.3, 0.4) is 0 Å². The number of anilines is 1. The number of nitrogens with one attached hydrogen (secondary N) is 1. The Morgan fingerprint density at radius 1 is 1.14 bits per heavy atom. The first-order chi connectivity index (χ1) is 13.5. The van der Waals surface area contributed by atoms with Crippen LogP contribution in [0.15, 0.2) is 36.5 Å². The number of hydrogen-bond donors (Lipinski definition) is 1. The van der Waals surface area contributed by atoms with Crippen molar-refractivity contribution >= 4 is 17.2 Å². The summed E-state index contributed by atoms with van der Waals surface area (Å²) in [6.45, 7) is 6.70. The first-order valence-electron chi connectivity index (χ1n) is 9.61. The summed E-state index contributed by atoms with van der Waals surface area (Å²) < 4.78 is 13.0. The molecule has 0 atom stereocenters. The molecule has 0 bridgehead atoms. The monoisotopic (exact) mass is 381 g/mol. The molecule has 1 N–H and O–H groups in total. The van der Waals surface area contributed by atoms with E-state index in [0.29, 0.717) is 23.5 Å². The van der Waals surface area contributed by atoms with Crippen LogP contribution in [0.4, 0.5) is 5.69 Å². The summed E-state index contributed by atoms with van der Waals surface area (Å²) in [7, 11) is 1.62. The van der Waals surface area contributed by atoms with Gasteiger partial charge in [0.25, 0.3) is 5.91 Å². The summed E-state index contributed by atoms with van der Waals surface area (Å²) in [6.07, 6.45) is 5.22. The Hall–Kier alpha value is -3.02. The van der Waals surface area contributed by atoms with Gasteiger partial charge < -0.3 is 19.2 Å². The van der Waals surface area contributed by atoms with Gasteiger partial charge in [-0.2, -0.15) is 0 Å². The molecule has 3 aromatic rings. The van der Waals surface area contributed by atoms with Crippen LogP contribution in [-0.4, -0.2) is 29.0 Å². The molecule has 0 fully saturated rings. The number of methoxy groups -OCH3 is 1. The standard InChI is InChI=1S/C22H27N3O3/c1-5-6-7-14-28-18-10-8-17(9-11-18)24-22(26)19-12-13-25-16(3)20(27-4)15(2)23-21(19)25/h8-13H,5-7,14H2,1-4H3,(H,24,26). The Kier molecular flexibility index (Phi) is 6.19. The average molecular weight is 381 g/mol. The van der Waals surface area contributed by atoms with E-state index in [4.69, 9.17) is 9.47 Å². The molecule has 0 aliphatic rings. The molecule has 0 saturated carbocycles. The predicted octanol–water partition coefficient (Wildman–Crippen LogP) is 4.78. The van der Waals surface area contributed by atoms with E-state index in [2.05, 4.69) is 17.2 Å². The maximum absolute atomic E-state index is 12.8. The van der Waals surface area contributed by atoms with Crippen molar-refractivity contribution in [3.8, 4) is 11.5 Å². The maximum atomic E-state index is 12.8. The largest absolute Gasteiger partial charge is 0.494 e. The number of amides is 1. The van der Waals surface area contributed by atoms with E-state index in [9.17, 15) is 4.79 Å². The number of carbonyl (C=O) groups is 1. The first kappa shape index (κ1) is 19.7. The minimum Gasteiger partial charge on any atom is -0.494 e. The number of unbranched alkanes of at least 4 members (excludes halogenated alkanes) is 2. The molecular formula is C22H27N3O3. The highest BCUT2D eigenvalue weighted by atomic mass is 16.5. The summed E-state index contributed by atoms with van der Waals surface area (Å²) >= 11 is 0. The number of nitrogens with zero attached hydrogens (tertiary/aromatic N) is 2. The Morgan fingerprint density at radius 3 is 2.57 bits per heavy atom. The number of ether oxygens (including phenoxy) is 2. The molecule has 148 valence electrons. The predicted molar refractivity (Wildman–Crippen MR) is 111 cm³/mol. The molecule has 1 amide bonds. The fraction of sp³-hybridized carbons (Fsp3) is 0.364. The van der Waals surface area contributed by atoms with Gasteiger partial charge in [-0.3, -0.25) is 4.79 Å². The van der Waals surface area contributed by atoms with Crippen LogP contribution in [0.5, 0.6) is 11.5 Å². The molecular weight excluding hydrogens is 354 g/mol. The Labute approximate surface area is 165 Å². The summed E-state index contributed by atoms with van der Waals surface area (Å²) in [5, 5.41) is 2.93. The minimum absolute atomic E-state index is 0.199. The van der Waals surface area contributed by atoms with E-state index in [-0.39, 0.29) is 5.91 Å². The molecule has 0 aliphatic heterocycles.